The molecule has 0 saturated carbocycles. The molecule has 0 saturated heterocycles. The molecule has 0 aliphatic heterocycles. The van der Waals surface area contributed by atoms with Gasteiger partial charge in [0.1, 0.15) is 0 Å². The van der Waals surface area contributed by atoms with E-state index in [0.29, 0.717) is 0 Å². The van der Waals surface area contributed by atoms with Crippen LogP contribution in [-0.4, -0.2) is 23.4 Å². The van der Waals surface area contributed by atoms with E-state index >= 15 is 0 Å². The van der Waals surface area contributed by atoms with Crippen LogP contribution in [-0.2, 0) is 39.2 Å². The van der Waals surface area contributed by atoms with Crippen molar-refractivity contribution in [3.63, 3.8) is 0 Å². The Morgan fingerprint density at radius 3 is 1.54 bits per heavy atom. The number of aliphatic hydroxyl groups is 1. The summed E-state index contributed by atoms with van der Waals surface area (Å²) in [4.78, 5) is 23.2. The predicted molar refractivity (Wildman–Crippen MR) is 120 cm³/mol. The van der Waals surface area contributed by atoms with Gasteiger partial charge in [-0.15, -0.1) is 0 Å². The number of aromatic nitrogens is 4. The van der Waals surface area contributed by atoms with Crippen LogP contribution in [0.3, 0.4) is 0 Å². The number of rotatable bonds is 2. The lowest BCUT2D eigenvalue weighted by Crippen LogP contribution is -2.19. The van der Waals surface area contributed by atoms with Gasteiger partial charge >= 0.3 is 11.4 Å². The van der Waals surface area contributed by atoms with Gasteiger partial charge in [0.15, 0.2) is 0 Å². The van der Waals surface area contributed by atoms with Gasteiger partial charge in [0.2, 0.25) is 0 Å². The SMILES string of the molecule is Cn1c(=O)n(C)c2cc(CI)ccc21.Cn1c(=O)n(C)c2cc(CO)ccc21. The molecule has 0 aliphatic carbocycles. The maximum atomic E-state index is 11.6. The minimum Gasteiger partial charge on any atom is -0.392 e. The maximum absolute atomic E-state index is 11.6. The molecule has 8 heteroatoms. The van der Waals surface area contributed by atoms with Crippen LogP contribution in [0.2, 0.25) is 0 Å². The first kappa shape index (κ1) is 20.4. The van der Waals surface area contributed by atoms with Crippen molar-refractivity contribution in [1.82, 2.24) is 18.3 Å². The van der Waals surface area contributed by atoms with E-state index in [2.05, 4.69) is 34.7 Å². The van der Waals surface area contributed by atoms with E-state index in [1.54, 1.807) is 39.4 Å². The second-order valence-corrected chi connectivity index (χ2v) is 7.50. The average Bonchev–Trinajstić information content (AvgIpc) is 3.08. The van der Waals surface area contributed by atoms with Crippen molar-refractivity contribution in [2.75, 3.05) is 0 Å². The largest absolute Gasteiger partial charge is 0.392 e. The number of benzene rings is 2. The van der Waals surface area contributed by atoms with Gasteiger partial charge in [0, 0.05) is 32.6 Å². The van der Waals surface area contributed by atoms with Crippen molar-refractivity contribution in [3.05, 3.63) is 68.5 Å². The monoisotopic (exact) mass is 494 g/mol. The van der Waals surface area contributed by atoms with Crippen LogP contribution in [0.15, 0.2) is 46.0 Å². The fraction of sp³-hybridized carbons (Fsp3) is 0.300. The Bertz CT molecular complexity index is 1180. The zero-order chi connectivity index (χ0) is 20.6. The molecule has 4 rings (SSSR count). The van der Waals surface area contributed by atoms with Crippen molar-refractivity contribution in [3.8, 4) is 0 Å². The van der Waals surface area contributed by atoms with Gasteiger partial charge in [0.05, 0.1) is 28.7 Å². The van der Waals surface area contributed by atoms with Crippen LogP contribution in [0.4, 0.5) is 0 Å². The number of fused-ring (bicyclic) bond motifs is 2. The molecule has 2 aromatic carbocycles. The van der Waals surface area contributed by atoms with Crippen LogP contribution in [0.25, 0.3) is 22.1 Å². The summed E-state index contributed by atoms with van der Waals surface area (Å²) in [5.41, 5.74) is 5.79. The quantitative estimate of drug-likeness (QED) is 0.343. The third kappa shape index (κ3) is 3.42. The molecule has 2 heterocycles. The summed E-state index contributed by atoms with van der Waals surface area (Å²) in [6.45, 7) is -0.000967. The van der Waals surface area contributed by atoms with E-state index in [4.69, 9.17) is 5.11 Å². The summed E-state index contributed by atoms with van der Waals surface area (Å²) < 4.78 is 7.50. The van der Waals surface area contributed by atoms with Crippen molar-refractivity contribution >= 4 is 44.7 Å². The highest BCUT2D eigenvalue weighted by molar-refractivity contribution is 14.1. The molecule has 0 fully saturated rings. The summed E-state index contributed by atoms with van der Waals surface area (Å²) in [5.74, 6) is 0. The van der Waals surface area contributed by atoms with Gasteiger partial charge in [-0.3, -0.25) is 18.3 Å². The Morgan fingerprint density at radius 1 is 0.714 bits per heavy atom. The topological polar surface area (TPSA) is 74.1 Å². The molecule has 148 valence electrons. The molecule has 0 spiro atoms. The second-order valence-electron chi connectivity index (χ2n) is 6.74. The van der Waals surface area contributed by atoms with Gasteiger partial charge < -0.3 is 5.11 Å². The van der Waals surface area contributed by atoms with E-state index in [1.165, 1.54) is 5.56 Å². The molecule has 4 aromatic rings. The maximum Gasteiger partial charge on any atom is 0.328 e. The molecular weight excluding hydrogens is 471 g/mol. The fourth-order valence-electron chi connectivity index (χ4n) is 3.29. The van der Waals surface area contributed by atoms with E-state index in [9.17, 15) is 9.59 Å². The van der Waals surface area contributed by atoms with Gasteiger partial charge in [-0.05, 0) is 35.4 Å². The standard InChI is InChI=1S/C10H11IN2O.C10H12N2O2/c1-12-8-4-3-7(6-11)5-9(8)13(2)10(12)14;1-11-8-4-3-7(6-13)5-9(8)12(2)10(11)14/h3-5H,6H2,1-2H3;3-5,13H,6H2,1-2H3. The highest BCUT2D eigenvalue weighted by atomic mass is 127. The summed E-state index contributed by atoms with van der Waals surface area (Å²) in [5, 5.41) is 8.97. The van der Waals surface area contributed by atoms with Crippen molar-refractivity contribution in [2.24, 2.45) is 28.2 Å². The average molecular weight is 494 g/mol. The number of halogens is 1. The first-order valence-corrected chi connectivity index (χ1v) is 10.3. The first-order chi connectivity index (χ1) is 13.3. The lowest BCUT2D eigenvalue weighted by atomic mass is 10.2. The Hall–Kier alpha value is -2.33. The number of hydrogen-bond acceptors (Lipinski definition) is 3. The lowest BCUT2D eigenvalue weighted by Gasteiger charge is -1.97. The van der Waals surface area contributed by atoms with E-state index in [-0.39, 0.29) is 18.0 Å². The van der Waals surface area contributed by atoms with E-state index < -0.39 is 0 Å². The Morgan fingerprint density at radius 2 is 1.11 bits per heavy atom. The number of hydrogen-bond donors (Lipinski definition) is 1. The summed E-state index contributed by atoms with van der Waals surface area (Å²) in [7, 11) is 7.07. The second kappa shape index (κ2) is 7.96. The Balaban J connectivity index is 0.000000161. The highest BCUT2D eigenvalue weighted by Crippen LogP contribution is 2.16. The molecule has 0 aliphatic rings. The third-order valence-electron chi connectivity index (χ3n) is 5.01. The molecular formula is C20H23IN4O3. The highest BCUT2D eigenvalue weighted by Gasteiger charge is 2.08. The summed E-state index contributed by atoms with van der Waals surface area (Å²) in [6, 6.07) is 11.6. The predicted octanol–water partition coefficient (Wildman–Crippen LogP) is 2.18. The minimum atomic E-state index is -0.0462. The number of alkyl halides is 1. The molecule has 7 nitrogen and oxygen atoms in total. The van der Waals surface area contributed by atoms with E-state index in [0.717, 1.165) is 32.1 Å². The van der Waals surface area contributed by atoms with Gasteiger partial charge in [-0.2, -0.15) is 0 Å². The number of imidazole rings is 2. The molecule has 28 heavy (non-hydrogen) atoms. The first-order valence-electron chi connectivity index (χ1n) is 8.75. The minimum absolute atomic E-state index is 0.000967. The van der Waals surface area contributed by atoms with Crippen LogP contribution in [0, 0.1) is 0 Å². The Kier molecular flexibility index (Phi) is 5.80. The normalized spacial score (nSPS) is 11.1. The number of aliphatic hydroxyl groups excluding tert-OH is 1. The molecule has 0 atom stereocenters. The van der Waals surface area contributed by atoms with Crippen molar-refractivity contribution < 1.29 is 5.11 Å². The molecule has 0 amide bonds. The van der Waals surface area contributed by atoms with Crippen LogP contribution >= 0.6 is 22.6 Å². The van der Waals surface area contributed by atoms with Crippen LogP contribution in [0.1, 0.15) is 11.1 Å². The van der Waals surface area contributed by atoms with Gasteiger partial charge in [-0.1, -0.05) is 34.7 Å². The van der Waals surface area contributed by atoms with E-state index in [1.807, 2.05) is 31.3 Å². The molecule has 0 bridgehead atoms. The van der Waals surface area contributed by atoms with Gasteiger partial charge in [0.25, 0.3) is 0 Å². The molecule has 1 N–H and O–H groups in total. The Labute approximate surface area is 175 Å². The summed E-state index contributed by atoms with van der Waals surface area (Å²) in [6.07, 6.45) is 0. The van der Waals surface area contributed by atoms with Crippen molar-refractivity contribution in [2.45, 2.75) is 11.0 Å². The smallest absolute Gasteiger partial charge is 0.328 e. The fourth-order valence-corrected chi connectivity index (χ4v) is 3.76. The number of aryl methyl sites for hydroxylation is 4. The zero-order valence-electron chi connectivity index (χ0n) is 16.3. The molecule has 0 radical (unpaired) electrons. The van der Waals surface area contributed by atoms with Gasteiger partial charge in [-0.25, -0.2) is 9.59 Å². The third-order valence-corrected chi connectivity index (χ3v) is 5.89. The lowest BCUT2D eigenvalue weighted by molar-refractivity contribution is 0.282. The molecule has 0 unspecified atom stereocenters. The zero-order valence-corrected chi connectivity index (χ0v) is 18.5. The number of nitrogens with zero attached hydrogens (tertiary/aromatic N) is 4. The summed E-state index contributed by atoms with van der Waals surface area (Å²) >= 11 is 2.32. The van der Waals surface area contributed by atoms with Crippen LogP contribution in [0.5, 0.6) is 0 Å². The van der Waals surface area contributed by atoms with Crippen molar-refractivity contribution in [1.29, 1.82) is 0 Å². The van der Waals surface area contributed by atoms with Crippen LogP contribution < -0.4 is 11.4 Å². The molecule has 2 aromatic heterocycles.